The molecule has 0 aliphatic heterocycles. The van der Waals surface area contributed by atoms with Crippen LogP contribution in [0.4, 0.5) is 9.59 Å². The molecule has 0 rings (SSSR count). The Morgan fingerprint density at radius 3 is 2.64 bits per heavy atom. The van der Waals surface area contributed by atoms with E-state index in [2.05, 4.69) is 25.9 Å². The van der Waals surface area contributed by atoms with Crippen LogP contribution in [0.15, 0.2) is 4.99 Å². The van der Waals surface area contributed by atoms with Crippen molar-refractivity contribution in [1.82, 2.24) is 16.1 Å². The normalized spacial score (nSPS) is 9.50. The lowest BCUT2D eigenvalue weighted by atomic mass is 10.6. The van der Waals surface area contributed by atoms with E-state index in [4.69, 9.17) is 5.73 Å². The lowest BCUT2D eigenvalue weighted by Gasteiger charge is -2.04. The van der Waals surface area contributed by atoms with E-state index in [1.165, 1.54) is 13.4 Å². The summed E-state index contributed by atoms with van der Waals surface area (Å²) in [7, 11) is 1.52. The summed E-state index contributed by atoms with van der Waals surface area (Å²) < 4.78 is 0. The number of urea groups is 1. The van der Waals surface area contributed by atoms with Gasteiger partial charge in [0.15, 0.2) is 0 Å². The van der Waals surface area contributed by atoms with Gasteiger partial charge in [-0.1, -0.05) is 0 Å². The van der Waals surface area contributed by atoms with Crippen LogP contribution in [0.1, 0.15) is 0 Å². The number of primary amides is 1. The second kappa shape index (κ2) is 7.65. The van der Waals surface area contributed by atoms with Gasteiger partial charge in [0.1, 0.15) is 6.34 Å². The van der Waals surface area contributed by atoms with Crippen LogP contribution in [0, 0.1) is 0 Å². The van der Waals surface area contributed by atoms with Crippen molar-refractivity contribution < 1.29 is 14.4 Å². The number of hydrogen-bond acceptors (Lipinski definition) is 4. The summed E-state index contributed by atoms with van der Waals surface area (Å²) in [4.78, 5) is 28.9. The minimum Gasteiger partial charge on any atom is -0.352 e. The first kappa shape index (κ1) is 12.0. The predicted octanol–water partition coefficient (Wildman–Crippen LogP) is -1.46. The Bertz CT molecular complexity index is 218. The summed E-state index contributed by atoms with van der Waals surface area (Å²) in [6.45, 7) is 0.471. The third kappa shape index (κ3) is 8.11. The number of nitrogens with two attached hydrogens (primary N) is 1. The fourth-order valence-corrected chi connectivity index (χ4v) is 0.519. The van der Waals surface area contributed by atoms with E-state index in [0.29, 0.717) is 0 Å². The van der Waals surface area contributed by atoms with Gasteiger partial charge in [-0.2, -0.15) is 0 Å². The van der Waals surface area contributed by atoms with Crippen LogP contribution >= 0.6 is 0 Å². The summed E-state index contributed by atoms with van der Waals surface area (Å²) in [6, 6.07) is -0.642. The summed E-state index contributed by atoms with van der Waals surface area (Å²) >= 11 is 0. The van der Waals surface area contributed by atoms with E-state index in [0.717, 1.165) is 0 Å². The molecule has 0 aliphatic carbocycles. The first-order chi connectivity index (χ1) is 6.66. The molecule has 80 valence electrons. The van der Waals surface area contributed by atoms with Gasteiger partial charge in [-0.05, 0) is 0 Å². The second-order valence-corrected chi connectivity index (χ2v) is 2.11. The maximum absolute atomic E-state index is 10.8. The smallest absolute Gasteiger partial charge is 0.352 e. The first-order valence-electron chi connectivity index (χ1n) is 3.81. The van der Waals surface area contributed by atoms with Crippen LogP contribution in [0.5, 0.6) is 0 Å². The topological polar surface area (TPSA) is 118 Å². The van der Waals surface area contributed by atoms with Gasteiger partial charge in [0.25, 0.3) is 0 Å². The highest BCUT2D eigenvalue weighted by Crippen LogP contribution is 1.69. The Morgan fingerprint density at radius 1 is 1.43 bits per heavy atom. The molecule has 5 N–H and O–H groups in total. The van der Waals surface area contributed by atoms with E-state index >= 15 is 0 Å². The van der Waals surface area contributed by atoms with E-state index in [1.807, 2.05) is 0 Å². The molecule has 0 unspecified atom stereocenters. The van der Waals surface area contributed by atoms with Crippen LogP contribution in [0.2, 0.25) is 0 Å². The zero-order chi connectivity index (χ0) is 10.8. The molecule has 0 aliphatic rings. The molecule has 0 atom stereocenters. The predicted molar refractivity (Wildman–Crippen MR) is 49.6 cm³/mol. The summed E-state index contributed by atoms with van der Waals surface area (Å²) in [5.74, 6) is 0. The Labute approximate surface area is 80.8 Å². The third-order valence-electron chi connectivity index (χ3n) is 1.03. The zero-order valence-electron chi connectivity index (χ0n) is 7.74. The van der Waals surface area contributed by atoms with Crippen molar-refractivity contribution in [3.8, 4) is 0 Å². The molecule has 14 heavy (non-hydrogen) atoms. The van der Waals surface area contributed by atoms with Gasteiger partial charge in [0.2, 0.25) is 0 Å². The highest BCUT2D eigenvalue weighted by Gasteiger charge is 1.99. The molecule has 8 heteroatoms. The van der Waals surface area contributed by atoms with Gasteiger partial charge in [-0.3, -0.25) is 4.99 Å². The fraction of sp³-hybridized carbons (Fsp3) is 0.500. The number of hydroxylamine groups is 1. The lowest BCUT2D eigenvalue weighted by molar-refractivity contribution is 0.122. The van der Waals surface area contributed by atoms with E-state index in [9.17, 15) is 9.59 Å². The average Bonchev–Trinajstić information content (AvgIpc) is 2.13. The highest BCUT2D eigenvalue weighted by molar-refractivity contribution is 5.71. The standard InChI is InChI=1S/C6H13N5O3/c1-8-4-11-14-6(13)10-3-2-9-5(7)12/h4H,2-3H2,1H3,(H,8,11)(H,10,13)(H3,7,9,12). The molecule has 0 heterocycles. The average molecular weight is 203 g/mol. The van der Waals surface area contributed by atoms with Gasteiger partial charge >= 0.3 is 12.1 Å². The number of nitrogens with one attached hydrogen (secondary N) is 3. The van der Waals surface area contributed by atoms with Crippen molar-refractivity contribution in [2.24, 2.45) is 10.7 Å². The number of amides is 3. The molecule has 0 aromatic rings. The van der Waals surface area contributed by atoms with Crippen molar-refractivity contribution in [3.63, 3.8) is 0 Å². The van der Waals surface area contributed by atoms with Crippen molar-refractivity contribution in [3.05, 3.63) is 0 Å². The van der Waals surface area contributed by atoms with Gasteiger partial charge in [0, 0.05) is 20.1 Å². The Kier molecular flexibility index (Phi) is 6.56. The van der Waals surface area contributed by atoms with Crippen LogP contribution in [0.25, 0.3) is 0 Å². The molecule has 0 spiro atoms. The summed E-state index contributed by atoms with van der Waals surface area (Å²) in [5.41, 5.74) is 6.95. The van der Waals surface area contributed by atoms with Crippen LogP contribution in [0.3, 0.4) is 0 Å². The maximum Gasteiger partial charge on any atom is 0.431 e. The number of carbonyl (C=O) groups is 2. The van der Waals surface area contributed by atoms with Crippen LogP contribution in [-0.4, -0.2) is 38.6 Å². The van der Waals surface area contributed by atoms with Gasteiger partial charge in [0.05, 0.1) is 0 Å². The third-order valence-corrected chi connectivity index (χ3v) is 1.03. The number of rotatable bonds is 5. The van der Waals surface area contributed by atoms with E-state index < -0.39 is 12.1 Å². The van der Waals surface area contributed by atoms with Gasteiger partial charge in [-0.25, -0.2) is 15.1 Å². The Morgan fingerprint density at radius 2 is 2.07 bits per heavy atom. The first-order valence-corrected chi connectivity index (χ1v) is 3.81. The molecule has 0 fully saturated rings. The molecule has 0 radical (unpaired) electrons. The SMILES string of the molecule is CN=CNOC(=O)NCCNC(N)=O. The molecular weight excluding hydrogens is 190 g/mol. The van der Waals surface area contributed by atoms with Crippen LogP contribution in [-0.2, 0) is 4.84 Å². The van der Waals surface area contributed by atoms with Crippen molar-refractivity contribution in [2.45, 2.75) is 0 Å². The Balaban J connectivity index is 3.31. The van der Waals surface area contributed by atoms with Crippen molar-refractivity contribution in [1.29, 1.82) is 0 Å². The molecule has 0 saturated heterocycles. The lowest BCUT2D eigenvalue weighted by Crippen LogP contribution is -2.38. The maximum atomic E-state index is 10.8. The molecule has 8 nitrogen and oxygen atoms in total. The number of hydrogen-bond donors (Lipinski definition) is 4. The number of nitrogens with zero attached hydrogens (tertiary/aromatic N) is 1. The summed E-state index contributed by atoms with van der Waals surface area (Å²) in [6.07, 6.45) is 0.539. The highest BCUT2D eigenvalue weighted by atomic mass is 16.7. The molecule has 0 saturated carbocycles. The molecule has 0 bridgehead atoms. The molecule has 0 aromatic heterocycles. The van der Waals surface area contributed by atoms with Gasteiger partial charge < -0.3 is 21.2 Å². The second-order valence-electron chi connectivity index (χ2n) is 2.11. The molecular formula is C6H13N5O3. The Hall–Kier alpha value is -1.99. The quantitative estimate of drug-likeness (QED) is 0.189. The number of carbonyl (C=O) groups excluding carboxylic acids is 2. The minimum atomic E-state index is -0.670. The van der Waals surface area contributed by atoms with Crippen molar-refractivity contribution in [2.75, 3.05) is 20.1 Å². The largest absolute Gasteiger partial charge is 0.431 e. The molecule has 3 amide bonds. The number of aliphatic imine (C=N–C) groups is 1. The van der Waals surface area contributed by atoms with E-state index in [-0.39, 0.29) is 13.1 Å². The van der Waals surface area contributed by atoms with Crippen molar-refractivity contribution >= 4 is 18.5 Å². The monoisotopic (exact) mass is 203 g/mol. The summed E-state index contributed by atoms with van der Waals surface area (Å²) in [5, 5.41) is 4.63. The van der Waals surface area contributed by atoms with Gasteiger partial charge in [-0.15, -0.1) is 0 Å². The van der Waals surface area contributed by atoms with E-state index in [1.54, 1.807) is 0 Å². The fourth-order valence-electron chi connectivity index (χ4n) is 0.519. The van der Waals surface area contributed by atoms with Crippen LogP contribution < -0.4 is 21.8 Å². The zero-order valence-corrected chi connectivity index (χ0v) is 7.74. The molecule has 0 aromatic carbocycles. The minimum absolute atomic E-state index is 0.229.